The summed E-state index contributed by atoms with van der Waals surface area (Å²) in [5.41, 5.74) is 7.56. The zero-order valence-corrected chi connectivity index (χ0v) is 7.29. The van der Waals surface area contributed by atoms with Crippen molar-refractivity contribution in [2.24, 2.45) is 5.73 Å². The largest absolute Gasteiger partial charge is 0.378 e. The number of hydroxylamine groups is 1. The first-order valence-corrected chi connectivity index (χ1v) is 4.00. The summed E-state index contributed by atoms with van der Waals surface area (Å²) in [6.07, 6.45) is 1.89. The molecule has 0 aliphatic carbocycles. The molecule has 0 atom stereocenters. The molecule has 4 N–H and O–H groups in total. The number of rotatable bonds is 1. The predicted molar refractivity (Wildman–Crippen MR) is 45.9 cm³/mol. The van der Waals surface area contributed by atoms with Crippen molar-refractivity contribution in [3.8, 4) is 0 Å². The third-order valence-electron chi connectivity index (χ3n) is 1.11. The summed E-state index contributed by atoms with van der Waals surface area (Å²) >= 11 is 1.15. The lowest BCUT2D eigenvalue weighted by atomic mass is 10.1. The lowest BCUT2D eigenvalue weighted by molar-refractivity contribution is -0.0126. The van der Waals surface area contributed by atoms with Crippen molar-refractivity contribution in [1.82, 2.24) is 5.48 Å². The standard InChI is InChI=1S/C6H11N3OS/c1-6(2)3-4(9-10-6)11-5(7)8/h3,9H,1-2H3,(H3,7,8). The molecule has 0 bridgehead atoms. The molecule has 1 aliphatic rings. The van der Waals surface area contributed by atoms with Crippen molar-refractivity contribution >= 4 is 16.9 Å². The molecule has 1 rings (SSSR count). The zero-order chi connectivity index (χ0) is 8.48. The average Bonchev–Trinajstić information content (AvgIpc) is 2.08. The molecule has 0 aromatic rings. The van der Waals surface area contributed by atoms with Crippen LogP contribution < -0.4 is 11.2 Å². The molecule has 1 heterocycles. The van der Waals surface area contributed by atoms with Gasteiger partial charge in [0.05, 0.1) is 0 Å². The maximum Gasteiger partial charge on any atom is 0.157 e. The van der Waals surface area contributed by atoms with Crippen molar-refractivity contribution in [3.05, 3.63) is 11.1 Å². The second-order valence-corrected chi connectivity index (χ2v) is 3.87. The smallest absolute Gasteiger partial charge is 0.157 e. The van der Waals surface area contributed by atoms with E-state index in [0.29, 0.717) is 0 Å². The van der Waals surface area contributed by atoms with E-state index in [9.17, 15) is 0 Å². The summed E-state index contributed by atoms with van der Waals surface area (Å²) < 4.78 is 0. The Morgan fingerprint density at radius 3 is 2.82 bits per heavy atom. The number of hydrogen-bond acceptors (Lipinski definition) is 4. The van der Waals surface area contributed by atoms with E-state index in [1.54, 1.807) is 0 Å². The van der Waals surface area contributed by atoms with Crippen molar-refractivity contribution < 1.29 is 4.84 Å². The molecule has 62 valence electrons. The average molecular weight is 173 g/mol. The van der Waals surface area contributed by atoms with Crippen LogP contribution in [0, 0.1) is 5.41 Å². The molecule has 4 nitrogen and oxygen atoms in total. The summed E-state index contributed by atoms with van der Waals surface area (Å²) in [6, 6.07) is 0. The predicted octanol–water partition coefficient (Wildman–Crippen LogP) is 0.768. The fraction of sp³-hybridized carbons (Fsp3) is 0.500. The molecule has 1 aliphatic heterocycles. The molecule has 0 aromatic heterocycles. The Labute approximate surface area is 69.6 Å². The molecular formula is C6H11N3OS. The Morgan fingerprint density at radius 1 is 1.82 bits per heavy atom. The van der Waals surface area contributed by atoms with Crippen LogP contribution in [0.3, 0.4) is 0 Å². The summed E-state index contributed by atoms with van der Waals surface area (Å²) in [7, 11) is 0. The second-order valence-electron chi connectivity index (χ2n) is 2.78. The highest BCUT2D eigenvalue weighted by Crippen LogP contribution is 2.24. The van der Waals surface area contributed by atoms with E-state index < -0.39 is 0 Å². The maximum absolute atomic E-state index is 6.99. The Bertz CT molecular complexity index is 212. The summed E-state index contributed by atoms with van der Waals surface area (Å²) in [5, 5.41) is 7.83. The second kappa shape index (κ2) is 2.75. The van der Waals surface area contributed by atoms with Gasteiger partial charge in [-0.1, -0.05) is 0 Å². The van der Waals surface area contributed by atoms with Crippen LogP contribution in [-0.4, -0.2) is 10.8 Å². The van der Waals surface area contributed by atoms with Crippen molar-refractivity contribution in [3.63, 3.8) is 0 Å². The van der Waals surface area contributed by atoms with Gasteiger partial charge < -0.3 is 5.73 Å². The quantitative estimate of drug-likeness (QED) is 0.404. The number of hydrogen-bond donors (Lipinski definition) is 3. The van der Waals surface area contributed by atoms with Crippen LogP contribution in [0.1, 0.15) is 13.8 Å². The van der Waals surface area contributed by atoms with Crippen LogP contribution in [0.25, 0.3) is 0 Å². The van der Waals surface area contributed by atoms with Crippen molar-refractivity contribution in [1.29, 1.82) is 5.41 Å². The van der Waals surface area contributed by atoms with Crippen LogP contribution in [0.15, 0.2) is 11.1 Å². The highest BCUT2D eigenvalue weighted by Gasteiger charge is 2.24. The fourth-order valence-electron chi connectivity index (χ4n) is 0.725. The first kappa shape index (κ1) is 8.42. The molecule has 5 heteroatoms. The van der Waals surface area contributed by atoms with Crippen LogP contribution >= 0.6 is 11.8 Å². The minimum absolute atomic E-state index is 0.0602. The van der Waals surface area contributed by atoms with E-state index >= 15 is 0 Å². The summed E-state index contributed by atoms with van der Waals surface area (Å²) in [4.78, 5) is 5.14. The zero-order valence-electron chi connectivity index (χ0n) is 6.47. The Morgan fingerprint density at radius 2 is 2.45 bits per heavy atom. The van der Waals surface area contributed by atoms with Crippen LogP contribution in [-0.2, 0) is 4.84 Å². The normalized spacial score (nSPS) is 20.7. The van der Waals surface area contributed by atoms with Gasteiger partial charge in [0, 0.05) is 0 Å². The van der Waals surface area contributed by atoms with Gasteiger partial charge in [-0.25, -0.2) is 0 Å². The van der Waals surface area contributed by atoms with Crippen LogP contribution in [0.4, 0.5) is 0 Å². The van der Waals surface area contributed by atoms with Gasteiger partial charge in [-0.05, 0) is 31.7 Å². The molecule has 0 saturated heterocycles. The lowest BCUT2D eigenvalue weighted by Crippen LogP contribution is -2.20. The summed E-state index contributed by atoms with van der Waals surface area (Å²) in [5.74, 6) is 0. The molecule has 0 spiro atoms. The molecule has 0 saturated carbocycles. The van der Waals surface area contributed by atoms with Gasteiger partial charge in [0.25, 0.3) is 0 Å². The van der Waals surface area contributed by atoms with E-state index in [2.05, 4.69) is 5.48 Å². The van der Waals surface area contributed by atoms with Crippen molar-refractivity contribution in [2.45, 2.75) is 19.4 Å². The molecular weight excluding hydrogens is 162 g/mol. The minimum Gasteiger partial charge on any atom is -0.378 e. The van der Waals surface area contributed by atoms with E-state index in [1.165, 1.54) is 0 Å². The van der Waals surface area contributed by atoms with E-state index in [1.807, 2.05) is 19.9 Å². The van der Waals surface area contributed by atoms with Gasteiger partial charge in [0.15, 0.2) is 5.17 Å². The van der Waals surface area contributed by atoms with Crippen molar-refractivity contribution in [2.75, 3.05) is 0 Å². The minimum atomic E-state index is -0.294. The maximum atomic E-state index is 6.99. The highest BCUT2D eigenvalue weighted by atomic mass is 32.2. The van der Waals surface area contributed by atoms with Gasteiger partial charge in [-0.2, -0.15) is 0 Å². The number of nitrogens with one attached hydrogen (secondary N) is 2. The molecule has 0 unspecified atom stereocenters. The van der Waals surface area contributed by atoms with Gasteiger partial charge in [0.2, 0.25) is 0 Å². The van der Waals surface area contributed by atoms with Crippen LogP contribution in [0.2, 0.25) is 0 Å². The molecule has 11 heavy (non-hydrogen) atoms. The topological polar surface area (TPSA) is 71.1 Å². The van der Waals surface area contributed by atoms with Gasteiger partial charge in [-0.3, -0.25) is 15.7 Å². The van der Waals surface area contributed by atoms with Gasteiger partial charge >= 0.3 is 0 Å². The van der Waals surface area contributed by atoms with Gasteiger partial charge in [0.1, 0.15) is 10.6 Å². The SMILES string of the molecule is CC1(C)C=C(SC(=N)N)NO1. The third-order valence-corrected chi connectivity index (χ3v) is 1.75. The Hall–Kier alpha value is -0.680. The van der Waals surface area contributed by atoms with E-state index in [4.69, 9.17) is 16.0 Å². The third kappa shape index (κ3) is 2.44. The lowest BCUT2D eigenvalue weighted by Gasteiger charge is -2.11. The first-order valence-electron chi connectivity index (χ1n) is 3.18. The number of amidine groups is 1. The van der Waals surface area contributed by atoms with Gasteiger partial charge in [-0.15, -0.1) is 0 Å². The molecule has 0 fully saturated rings. The first-order chi connectivity index (χ1) is 4.99. The fourth-order valence-corrected chi connectivity index (χ4v) is 1.39. The highest BCUT2D eigenvalue weighted by molar-refractivity contribution is 8.16. The van der Waals surface area contributed by atoms with E-state index in [0.717, 1.165) is 16.8 Å². The summed E-state index contributed by atoms with van der Waals surface area (Å²) in [6.45, 7) is 3.85. The monoisotopic (exact) mass is 173 g/mol. The van der Waals surface area contributed by atoms with Crippen LogP contribution in [0.5, 0.6) is 0 Å². The molecule has 0 radical (unpaired) electrons. The molecule has 0 aromatic carbocycles. The van der Waals surface area contributed by atoms with E-state index in [-0.39, 0.29) is 10.8 Å². The Kier molecular flexibility index (Phi) is 2.10. The number of nitrogens with two attached hydrogens (primary N) is 1. The number of thioether (sulfide) groups is 1. The molecule has 0 amide bonds. The Balaban J connectivity index is 2.56.